The molecule has 1 saturated heterocycles. The molecule has 0 aromatic heterocycles. The van der Waals surface area contributed by atoms with Crippen LogP contribution in [0.25, 0.3) is 0 Å². The fourth-order valence-corrected chi connectivity index (χ4v) is 3.66. The van der Waals surface area contributed by atoms with Gasteiger partial charge in [-0.25, -0.2) is 9.29 Å². The molecule has 6 heteroatoms. The van der Waals surface area contributed by atoms with Gasteiger partial charge in [-0.05, 0) is 49.6 Å². The minimum absolute atomic E-state index is 0.0739. The first-order chi connectivity index (χ1) is 12.6. The lowest BCUT2D eigenvalue weighted by molar-refractivity contribution is -0.123. The highest BCUT2D eigenvalue weighted by molar-refractivity contribution is 6.26. The van der Waals surface area contributed by atoms with Crippen LogP contribution in [0.4, 0.5) is 10.1 Å². The maximum Gasteiger partial charge on any atom is 0.265 e. The number of anilines is 1. The Morgan fingerprint density at radius 1 is 1.04 bits per heavy atom. The molecule has 4 rings (SSSR count). The molecule has 26 heavy (non-hydrogen) atoms. The Kier molecular flexibility index (Phi) is 4.03. The average Bonchev–Trinajstić information content (AvgIpc) is 2.76. The normalized spacial score (nSPS) is 19.7. The summed E-state index contributed by atoms with van der Waals surface area (Å²) in [6.07, 6.45) is 2.17. The zero-order chi connectivity index (χ0) is 18.3. The molecule has 0 spiro atoms. The van der Waals surface area contributed by atoms with Crippen molar-refractivity contribution in [2.45, 2.75) is 25.3 Å². The molecule has 5 nitrogen and oxygen atoms in total. The van der Waals surface area contributed by atoms with Gasteiger partial charge < -0.3 is 4.90 Å². The molecule has 0 bridgehead atoms. The molecule has 0 N–H and O–H groups in total. The first kappa shape index (κ1) is 16.4. The number of halogens is 1. The van der Waals surface area contributed by atoms with Gasteiger partial charge in [0.1, 0.15) is 11.9 Å². The fourth-order valence-electron chi connectivity index (χ4n) is 3.66. The smallest absolute Gasteiger partial charge is 0.265 e. The molecular formula is C20H17FN2O3. The third-order valence-corrected chi connectivity index (χ3v) is 4.92. The third kappa shape index (κ3) is 2.58. The Morgan fingerprint density at radius 3 is 2.65 bits per heavy atom. The van der Waals surface area contributed by atoms with E-state index in [1.807, 2.05) is 0 Å². The highest BCUT2D eigenvalue weighted by atomic mass is 19.1. The number of para-hydroxylation sites is 1. The Bertz CT molecular complexity index is 911. The van der Waals surface area contributed by atoms with Crippen molar-refractivity contribution in [2.75, 3.05) is 11.4 Å². The van der Waals surface area contributed by atoms with Gasteiger partial charge in [0, 0.05) is 12.1 Å². The number of amides is 3. The number of imide groups is 1. The third-order valence-electron chi connectivity index (χ3n) is 4.92. The van der Waals surface area contributed by atoms with Gasteiger partial charge in [0.05, 0.1) is 11.3 Å². The number of fused-ring (bicyclic) bond motifs is 2. The Hall–Kier alpha value is -3.02. The van der Waals surface area contributed by atoms with Gasteiger partial charge in [0.15, 0.2) is 0 Å². The summed E-state index contributed by atoms with van der Waals surface area (Å²) in [5, 5.41) is 0. The summed E-state index contributed by atoms with van der Waals surface area (Å²) in [5.41, 5.74) is 0.644. The lowest BCUT2D eigenvalue weighted by Gasteiger charge is -2.34. The molecule has 2 heterocycles. The van der Waals surface area contributed by atoms with E-state index in [9.17, 15) is 18.8 Å². The van der Waals surface area contributed by atoms with E-state index < -0.39 is 23.7 Å². The Labute approximate surface area is 150 Å². The summed E-state index contributed by atoms with van der Waals surface area (Å²) in [7, 11) is 0. The second kappa shape index (κ2) is 6.37. The van der Waals surface area contributed by atoms with Crippen LogP contribution in [0.3, 0.4) is 0 Å². The molecule has 2 aliphatic rings. The maximum absolute atomic E-state index is 13.6. The zero-order valence-electron chi connectivity index (χ0n) is 14.0. The topological polar surface area (TPSA) is 57.7 Å². The van der Waals surface area contributed by atoms with Crippen molar-refractivity contribution in [1.82, 2.24) is 4.90 Å². The maximum atomic E-state index is 13.6. The monoisotopic (exact) mass is 352 g/mol. The summed E-state index contributed by atoms with van der Waals surface area (Å²) in [4.78, 5) is 41.8. The van der Waals surface area contributed by atoms with Crippen LogP contribution < -0.4 is 4.90 Å². The molecule has 1 fully saturated rings. The summed E-state index contributed by atoms with van der Waals surface area (Å²) in [6.45, 7) is 0.492. The number of benzene rings is 2. The van der Waals surface area contributed by atoms with E-state index in [1.165, 1.54) is 18.2 Å². The molecule has 0 radical (unpaired) electrons. The predicted molar refractivity (Wildman–Crippen MR) is 93.3 cm³/mol. The molecular weight excluding hydrogens is 335 g/mol. The molecule has 1 unspecified atom stereocenters. The van der Waals surface area contributed by atoms with Crippen molar-refractivity contribution < 1.29 is 18.8 Å². The number of nitrogens with zero attached hydrogens (tertiary/aromatic N) is 2. The molecule has 3 amide bonds. The van der Waals surface area contributed by atoms with E-state index in [0.29, 0.717) is 18.5 Å². The number of hydrogen-bond donors (Lipinski definition) is 0. The van der Waals surface area contributed by atoms with Crippen LogP contribution in [0.2, 0.25) is 0 Å². The molecule has 132 valence electrons. The second-order valence-corrected chi connectivity index (χ2v) is 6.52. The van der Waals surface area contributed by atoms with Crippen LogP contribution in [-0.2, 0) is 4.79 Å². The van der Waals surface area contributed by atoms with Crippen molar-refractivity contribution >= 4 is 23.4 Å². The standard InChI is InChI=1S/C20H17FN2O3/c21-14-7-5-6-13(12-14)18(24)23-16-9-2-1-8-15(16)19(25)22-11-4-3-10-17(22)20(23)26/h1-2,5-9,12,17H,3-4,10-11H2. The van der Waals surface area contributed by atoms with Crippen LogP contribution in [0.15, 0.2) is 48.5 Å². The van der Waals surface area contributed by atoms with Crippen molar-refractivity contribution in [1.29, 1.82) is 0 Å². The SMILES string of the molecule is O=C(c1cccc(F)c1)N1C(=O)C2CCCCN2C(=O)c2ccccc21. The van der Waals surface area contributed by atoms with Gasteiger partial charge in [-0.2, -0.15) is 0 Å². The highest BCUT2D eigenvalue weighted by Crippen LogP contribution is 2.32. The lowest BCUT2D eigenvalue weighted by Crippen LogP contribution is -2.52. The van der Waals surface area contributed by atoms with Crippen LogP contribution in [0.1, 0.15) is 40.0 Å². The van der Waals surface area contributed by atoms with E-state index >= 15 is 0 Å². The van der Waals surface area contributed by atoms with Crippen LogP contribution in [0, 0.1) is 5.82 Å². The molecule has 2 aromatic rings. The van der Waals surface area contributed by atoms with E-state index in [4.69, 9.17) is 0 Å². The van der Waals surface area contributed by atoms with Gasteiger partial charge in [-0.15, -0.1) is 0 Å². The van der Waals surface area contributed by atoms with Crippen molar-refractivity contribution in [3.63, 3.8) is 0 Å². The van der Waals surface area contributed by atoms with Gasteiger partial charge in [0.25, 0.3) is 17.7 Å². The molecule has 0 saturated carbocycles. The lowest BCUT2D eigenvalue weighted by atomic mass is 10.0. The predicted octanol–water partition coefficient (Wildman–Crippen LogP) is 3.01. The van der Waals surface area contributed by atoms with Gasteiger partial charge in [-0.1, -0.05) is 18.2 Å². The van der Waals surface area contributed by atoms with Gasteiger partial charge in [-0.3, -0.25) is 14.4 Å². The zero-order valence-corrected chi connectivity index (χ0v) is 14.0. The first-order valence-electron chi connectivity index (χ1n) is 8.62. The minimum Gasteiger partial charge on any atom is -0.327 e. The number of piperidine rings is 1. The first-order valence-corrected chi connectivity index (χ1v) is 8.62. The number of carbonyl (C=O) groups excluding carboxylic acids is 3. The molecule has 1 atom stereocenters. The van der Waals surface area contributed by atoms with Gasteiger partial charge in [0.2, 0.25) is 0 Å². The fraction of sp³-hybridized carbons (Fsp3) is 0.250. The summed E-state index contributed by atoms with van der Waals surface area (Å²) >= 11 is 0. The summed E-state index contributed by atoms with van der Waals surface area (Å²) in [5.74, 6) is -1.85. The largest absolute Gasteiger partial charge is 0.327 e. The second-order valence-electron chi connectivity index (χ2n) is 6.52. The Morgan fingerprint density at radius 2 is 1.85 bits per heavy atom. The average molecular weight is 352 g/mol. The van der Waals surface area contributed by atoms with Crippen molar-refractivity contribution in [3.8, 4) is 0 Å². The van der Waals surface area contributed by atoms with E-state index in [-0.39, 0.29) is 17.2 Å². The van der Waals surface area contributed by atoms with E-state index in [2.05, 4.69) is 0 Å². The molecule has 0 aliphatic carbocycles. The molecule has 2 aromatic carbocycles. The summed E-state index contributed by atoms with van der Waals surface area (Å²) < 4.78 is 13.6. The van der Waals surface area contributed by atoms with Crippen LogP contribution in [0.5, 0.6) is 0 Å². The van der Waals surface area contributed by atoms with E-state index in [1.54, 1.807) is 29.2 Å². The summed E-state index contributed by atoms with van der Waals surface area (Å²) in [6, 6.07) is 11.1. The number of carbonyl (C=O) groups is 3. The Balaban J connectivity index is 1.86. The highest BCUT2D eigenvalue weighted by Gasteiger charge is 2.42. The number of rotatable bonds is 1. The van der Waals surface area contributed by atoms with Gasteiger partial charge >= 0.3 is 0 Å². The quantitative estimate of drug-likeness (QED) is 0.742. The number of hydrogen-bond acceptors (Lipinski definition) is 3. The van der Waals surface area contributed by atoms with Crippen molar-refractivity contribution in [3.05, 3.63) is 65.5 Å². The van der Waals surface area contributed by atoms with E-state index in [0.717, 1.165) is 23.8 Å². The minimum atomic E-state index is -0.666. The van der Waals surface area contributed by atoms with Crippen molar-refractivity contribution in [2.24, 2.45) is 0 Å². The van der Waals surface area contributed by atoms with Crippen LogP contribution in [-0.4, -0.2) is 35.2 Å². The molecule has 2 aliphatic heterocycles. The van der Waals surface area contributed by atoms with Crippen LogP contribution >= 0.6 is 0 Å².